The first kappa shape index (κ1) is 64.4. The molecule has 28 heteroatoms. The zero-order valence-corrected chi connectivity index (χ0v) is 44.7. The normalized spacial score (nSPS) is 36.2. The van der Waals surface area contributed by atoms with Gasteiger partial charge < -0.3 is 120 Å². The van der Waals surface area contributed by atoms with Crippen LogP contribution in [-0.2, 0) is 52.3 Å². The second-order valence-electron chi connectivity index (χ2n) is 19.1. The van der Waals surface area contributed by atoms with E-state index in [-0.39, 0.29) is 47.6 Å². The van der Waals surface area contributed by atoms with Crippen molar-refractivity contribution in [2.75, 3.05) is 33.0 Å². The first-order valence-corrected chi connectivity index (χ1v) is 24.9. The summed E-state index contributed by atoms with van der Waals surface area (Å²) in [6.45, 7) is 3.00. The standard InChI is InChI=1S/C49H71N3O24.Na/c1-4-31(59)50-15-9-5-6-10-16-69-45-33(52-44(66)26-14-13-24-11-7-8-12-25(24)17-26)42(74-46-38(64)37(63)34(60)22(2)70-46)40(30(21-55)72-45)73-47-39(65)43(36(62)29(20-54)71-47)76-49(48(67)68)18-27(57)32(51-23(3)56)41(75-49)35(61)28(58)19-53;/h4,7-8,11-14,17,22,27-30,32-43,45-47,53-55,57-58,60-65H,1,5-6,9-10,15-16,18-21H2,2-3H3,(H,50,59)(H,51,56)(H,52,66)(H,67,68);/q;+1/p-1/t22-,27+,28+,29-,30-,32+,33-,34+,35+,36-,37-,38-,39-,40+,41+,42+,43-,45+,46-,47-,49-;/m0./s1. The van der Waals surface area contributed by atoms with E-state index in [4.69, 9.17) is 37.9 Å². The molecule has 2 aromatic carbocycles. The summed E-state index contributed by atoms with van der Waals surface area (Å²) in [5.74, 6) is -7.42. The van der Waals surface area contributed by atoms with Crippen molar-refractivity contribution in [1.29, 1.82) is 0 Å². The van der Waals surface area contributed by atoms with Crippen molar-refractivity contribution in [2.45, 2.75) is 174 Å². The van der Waals surface area contributed by atoms with Crippen LogP contribution in [0.1, 0.15) is 56.3 Å². The zero-order valence-electron chi connectivity index (χ0n) is 42.7. The fraction of sp³-hybridized carbons (Fsp3) is 0.673. The van der Waals surface area contributed by atoms with Gasteiger partial charge in [0.15, 0.2) is 18.9 Å². The van der Waals surface area contributed by atoms with Gasteiger partial charge in [-0.3, -0.25) is 14.4 Å². The molecule has 0 bridgehead atoms. The number of nitrogens with one attached hydrogen (secondary N) is 3. The largest absolute Gasteiger partial charge is 1.00 e. The molecule has 6 rings (SSSR count). The van der Waals surface area contributed by atoms with E-state index >= 15 is 0 Å². The van der Waals surface area contributed by atoms with Crippen molar-refractivity contribution in [3.63, 3.8) is 0 Å². The number of aliphatic carboxylic acids is 1. The number of amides is 3. The van der Waals surface area contributed by atoms with Gasteiger partial charge in [-0.05, 0) is 48.7 Å². The Morgan fingerprint density at radius 2 is 1.43 bits per heavy atom. The van der Waals surface area contributed by atoms with Crippen LogP contribution in [0, 0.1) is 0 Å². The van der Waals surface area contributed by atoms with Crippen LogP contribution in [0.3, 0.4) is 0 Å². The van der Waals surface area contributed by atoms with Crippen molar-refractivity contribution >= 4 is 34.5 Å². The smallest absolute Gasteiger partial charge is 0.544 e. The Balaban J connectivity index is 0.0000109. The Kier molecular flexibility index (Phi) is 24.5. The van der Waals surface area contributed by atoms with Crippen LogP contribution in [0.25, 0.3) is 10.8 Å². The number of aliphatic hydroxyl groups is 11. The first-order valence-electron chi connectivity index (χ1n) is 24.9. The summed E-state index contributed by atoms with van der Waals surface area (Å²) in [5.41, 5.74) is 0.120. The van der Waals surface area contributed by atoms with Crippen LogP contribution < -0.4 is 50.6 Å². The number of ether oxygens (including phenoxy) is 8. The second kappa shape index (κ2) is 29.3. The van der Waals surface area contributed by atoms with E-state index in [1.807, 2.05) is 6.07 Å². The number of carbonyl (C=O) groups excluding carboxylic acids is 4. The summed E-state index contributed by atoms with van der Waals surface area (Å²) >= 11 is 0. The van der Waals surface area contributed by atoms with E-state index in [1.165, 1.54) is 13.0 Å². The molecule has 4 saturated heterocycles. The molecule has 0 unspecified atom stereocenters. The van der Waals surface area contributed by atoms with Gasteiger partial charge in [0.05, 0.1) is 38.1 Å². The molecular formula is C49H70N3NaO24. The Labute approximate surface area is 464 Å². The van der Waals surface area contributed by atoms with E-state index in [2.05, 4.69) is 22.5 Å². The van der Waals surface area contributed by atoms with Crippen LogP contribution in [0.4, 0.5) is 0 Å². The molecule has 3 amide bonds. The Morgan fingerprint density at radius 3 is 2.08 bits per heavy atom. The minimum absolute atomic E-state index is 0. The van der Waals surface area contributed by atoms with Gasteiger partial charge in [-0.25, -0.2) is 0 Å². The molecule has 4 fully saturated rings. The molecule has 0 aliphatic carbocycles. The summed E-state index contributed by atoms with van der Waals surface area (Å²) in [7, 11) is 0. The first-order chi connectivity index (χ1) is 36.2. The van der Waals surface area contributed by atoms with Gasteiger partial charge in [0.25, 0.3) is 5.91 Å². The number of hydrogen-bond donors (Lipinski definition) is 14. The number of rotatable bonds is 24. The fourth-order valence-corrected chi connectivity index (χ4v) is 9.50. The number of aliphatic hydroxyl groups excluding tert-OH is 11. The Hall–Kier alpha value is -3.44. The van der Waals surface area contributed by atoms with Gasteiger partial charge in [0, 0.05) is 32.1 Å². The van der Waals surface area contributed by atoms with Gasteiger partial charge >= 0.3 is 29.6 Å². The van der Waals surface area contributed by atoms with Crippen LogP contribution in [0.15, 0.2) is 55.1 Å². The molecule has 0 saturated carbocycles. The molecule has 0 spiro atoms. The third-order valence-corrected chi connectivity index (χ3v) is 13.7. The summed E-state index contributed by atoms with van der Waals surface area (Å²) < 4.78 is 48.3. The van der Waals surface area contributed by atoms with Crippen molar-refractivity contribution in [1.82, 2.24) is 16.0 Å². The molecular weight excluding hydrogens is 1040 g/mol. The number of unbranched alkanes of at least 4 members (excludes halogenated alkanes) is 3. The van der Waals surface area contributed by atoms with Crippen LogP contribution >= 0.6 is 0 Å². The Morgan fingerprint density at radius 1 is 0.779 bits per heavy atom. The van der Waals surface area contributed by atoms with E-state index in [0.29, 0.717) is 37.6 Å². The molecule has 21 atom stereocenters. The summed E-state index contributed by atoms with van der Waals surface area (Å²) in [6.07, 6.45) is -32.2. The summed E-state index contributed by atoms with van der Waals surface area (Å²) in [4.78, 5) is 51.2. The molecule has 27 nitrogen and oxygen atoms in total. The third-order valence-electron chi connectivity index (χ3n) is 13.7. The van der Waals surface area contributed by atoms with Crippen LogP contribution in [-0.4, -0.2) is 241 Å². The van der Waals surface area contributed by atoms with Crippen LogP contribution in [0.5, 0.6) is 0 Å². The molecule has 77 heavy (non-hydrogen) atoms. The zero-order chi connectivity index (χ0) is 55.6. The number of carboxylic acid groups (broad SMARTS) is 1. The quantitative estimate of drug-likeness (QED) is 0.0264. The number of fused-ring (bicyclic) bond motifs is 1. The van der Waals surface area contributed by atoms with Gasteiger partial charge in [0.2, 0.25) is 17.6 Å². The SMILES string of the molecule is C=CC(=O)NCCCCCCO[C@@H]1O[C@@H](CO)[C@@H](O[C@@H]2O[C@@H](CO)[C@H](O)[C@H](O[C@]3(C(=O)[O-])C[C@@H](O)[C@@H](NC(C)=O)[C@H]([C@H](O)[C@H](O)CO)O3)[C@@H]2O)[C@H](O[C@@H]2O[C@@H](C)[C@@H](O)[C@H](O)[C@@H]2O)[C@@H]1NC(=O)c1ccc2ccccc2c1.[Na+]. The van der Waals surface area contributed by atoms with Crippen LogP contribution in [0.2, 0.25) is 0 Å². The second-order valence-corrected chi connectivity index (χ2v) is 19.1. The van der Waals surface area contributed by atoms with Gasteiger partial charge in [-0.1, -0.05) is 49.8 Å². The maximum Gasteiger partial charge on any atom is 1.00 e. The molecule has 4 heterocycles. The summed E-state index contributed by atoms with van der Waals surface area (Å²) in [5, 5.41) is 142. The molecule has 426 valence electrons. The third kappa shape index (κ3) is 15.5. The van der Waals surface area contributed by atoms with Crippen molar-refractivity contribution < 1.29 is 148 Å². The minimum atomic E-state index is -3.27. The van der Waals surface area contributed by atoms with Gasteiger partial charge in [0.1, 0.15) is 91.4 Å². The molecule has 4 aliphatic heterocycles. The van der Waals surface area contributed by atoms with Crippen molar-refractivity contribution in [3.8, 4) is 0 Å². The average Bonchev–Trinajstić information content (AvgIpc) is 3.40. The maximum atomic E-state index is 14.4. The van der Waals surface area contributed by atoms with Crippen molar-refractivity contribution in [3.05, 3.63) is 60.7 Å². The molecule has 0 aromatic heterocycles. The minimum Gasteiger partial charge on any atom is -0.544 e. The molecule has 4 aliphatic rings. The van der Waals surface area contributed by atoms with E-state index in [1.54, 1.807) is 30.3 Å². The number of carbonyl (C=O) groups is 4. The molecule has 0 radical (unpaired) electrons. The number of carboxylic acids is 1. The average molecular weight is 1110 g/mol. The monoisotopic (exact) mass is 1110 g/mol. The summed E-state index contributed by atoms with van der Waals surface area (Å²) in [6, 6.07) is 8.77. The van der Waals surface area contributed by atoms with Crippen molar-refractivity contribution in [2.24, 2.45) is 0 Å². The fourth-order valence-electron chi connectivity index (χ4n) is 9.50. The molecule has 14 N–H and O–H groups in total. The van der Waals surface area contributed by atoms with E-state index in [0.717, 1.165) is 18.4 Å². The predicted octanol–water partition coefficient (Wildman–Crippen LogP) is -9.22. The van der Waals surface area contributed by atoms with Gasteiger partial charge in [-0.2, -0.15) is 0 Å². The Bertz CT molecular complexity index is 2260. The predicted molar refractivity (Wildman–Crippen MR) is 253 cm³/mol. The van der Waals surface area contributed by atoms with E-state index in [9.17, 15) is 80.5 Å². The van der Waals surface area contributed by atoms with Gasteiger partial charge in [-0.15, -0.1) is 0 Å². The maximum absolute atomic E-state index is 14.4. The topological polar surface area (TPSA) is 424 Å². The number of hydrogen-bond acceptors (Lipinski definition) is 24. The molecule has 2 aromatic rings. The number of benzene rings is 2. The van der Waals surface area contributed by atoms with E-state index < -0.39 is 172 Å².